The summed E-state index contributed by atoms with van der Waals surface area (Å²) in [4.78, 5) is 12.6. The molecule has 202 valence electrons. The summed E-state index contributed by atoms with van der Waals surface area (Å²) < 4.78 is 5.94. The molecule has 0 aromatic rings. The summed E-state index contributed by atoms with van der Waals surface area (Å²) in [7, 11) is 0. The molecule has 35 heavy (non-hydrogen) atoms. The Morgan fingerprint density at radius 3 is 1.63 bits per heavy atom. The summed E-state index contributed by atoms with van der Waals surface area (Å²) in [5.74, 6) is -0.0430. The molecule has 1 unspecified atom stereocenters. The van der Waals surface area contributed by atoms with E-state index in [0.29, 0.717) is 6.42 Å². The number of hydrogen-bond donors (Lipinski definition) is 0. The Bertz CT molecular complexity index is 655. The molecule has 0 rings (SSSR count). The van der Waals surface area contributed by atoms with E-state index in [1.54, 1.807) is 0 Å². The van der Waals surface area contributed by atoms with Gasteiger partial charge in [-0.25, -0.2) is 0 Å². The Labute approximate surface area is 219 Å². The van der Waals surface area contributed by atoms with Gasteiger partial charge in [0.25, 0.3) is 0 Å². The van der Waals surface area contributed by atoms with Crippen LogP contribution >= 0.6 is 0 Å². The maximum atomic E-state index is 12.6. The normalized spacial score (nSPS) is 12.9. The first-order valence-electron chi connectivity index (χ1n) is 14.5. The number of ether oxygens (including phenoxy) is 1. The van der Waals surface area contributed by atoms with E-state index in [1.807, 2.05) is 0 Å². The van der Waals surface area contributed by atoms with Crippen molar-refractivity contribution < 1.29 is 9.53 Å². The molecule has 0 N–H and O–H groups in total. The van der Waals surface area contributed by atoms with Crippen molar-refractivity contribution in [2.24, 2.45) is 0 Å². The molecule has 0 heterocycles. The largest absolute Gasteiger partial charge is 0.458 e. The minimum atomic E-state index is -0.157. The van der Waals surface area contributed by atoms with E-state index in [4.69, 9.17) is 4.74 Å². The average Bonchev–Trinajstić information content (AvgIpc) is 2.78. The number of carbonyl (C=O) groups is 1. The van der Waals surface area contributed by atoms with Crippen molar-refractivity contribution >= 4 is 5.97 Å². The molecule has 0 bridgehead atoms. The van der Waals surface area contributed by atoms with Gasteiger partial charge in [-0.1, -0.05) is 105 Å². The van der Waals surface area contributed by atoms with Gasteiger partial charge < -0.3 is 4.74 Å². The van der Waals surface area contributed by atoms with Crippen molar-refractivity contribution in [1.29, 1.82) is 0 Å². The zero-order chi connectivity index (χ0) is 26.3. The number of carbonyl (C=O) groups excluding carboxylic acids is 1. The third-order valence-electron chi connectivity index (χ3n) is 6.37. The highest BCUT2D eigenvalue weighted by Crippen LogP contribution is 2.16. The minimum Gasteiger partial charge on any atom is -0.458 e. The Morgan fingerprint density at radius 2 is 1.11 bits per heavy atom. The quantitative estimate of drug-likeness (QED) is 0.0915. The van der Waals surface area contributed by atoms with Crippen LogP contribution in [-0.4, -0.2) is 12.1 Å². The van der Waals surface area contributed by atoms with E-state index in [0.717, 1.165) is 44.9 Å². The minimum absolute atomic E-state index is 0.0430. The molecular formula is C33H58O2. The molecule has 0 aliphatic carbocycles. The van der Waals surface area contributed by atoms with Crippen molar-refractivity contribution in [2.45, 2.75) is 157 Å². The number of hydrogen-bond acceptors (Lipinski definition) is 2. The molecule has 0 aliphatic heterocycles. The van der Waals surface area contributed by atoms with Crippen LogP contribution in [0.5, 0.6) is 0 Å². The predicted molar refractivity (Wildman–Crippen MR) is 156 cm³/mol. The maximum absolute atomic E-state index is 12.6. The van der Waals surface area contributed by atoms with E-state index < -0.39 is 0 Å². The van der Waals surface area contributed by atoms with Crippen LogP contribution in [0.15, 0.2) is 46.6 Å². The highest BCUT2D eigenvalue weighted by molar-refractivity contribution is 5.69. The molecule has 0 saturated heterocycles. The summed E-state index contributed by atoms with van der Waals surface area (Å²) >= 11 is 0. The zero-order valence-electron chi connectivity index (χ0n) is 24.5. The van der Waals surface area contributed by atoms with Crippen LogP contribution in [0.25, 0.3) is 0 Å². The Kier molecular flexibility index (Phi) is 21.8. The molecule has 0 saturated carbocycles. The first-order valence-corrected chi connectivity index (χ1v) is 14.5. The number of allylic oxidation sites excluding steroid dienone is 6. The van der Waals surface area contributed by atoms with Gasteiger partial charge in [0.1, 0.15) is 6.10 Å². The van der Waals surface area contributed by atoms with Gasteiger partial charge in [0.05, 0.1) is 0 Å². The van der Waals surface area contributed by atoms with E-state index in [-0.39, 0.29) is 12.1 Å². The number of unbranched alkanes of at least 4 members (excludes halogenated alkanes) is 9. The van der Waals surface area contributed by atoms with Crippen LogP contribution < -0.4 is 0 Å². The van der Waals surface area contributed by atoms with Crippen molar-refractivity contribution in [2.75, 3.05) is 0 Å². The lowest BCUT2D eigenvalue weighted by Gasteiger charge is -2.15. The molecule has 0 amide bonds. The summed E-state index contributed by atoms with van der Waals surface area (Å²) in [5, 5.41) is 0. The van der Waals surface area contributed by atoms with Gasteiger partial charge in [-0.3, -0.25) is 4.79 Å². The molecule has 0 radical (unpaired) electrons. The van der Waals surface area contributed by atoms with Crippen LogP contribution in [0.2, 0.25) is 0 Å². The van der Waals surface area contributed by atoms with E-state index in [9.17, 15) is 4.79 Å². The Balaban J connectivity index is 4.57. The lowest BCUT2D eigenvalue weighted by molar-refractivity contribution is -0.146. The first-order chi connectivity index (χ1) is 16.7. The fraction of sp³-hybridized carbons (Fsp3) is 0.727. The van der Waals surface area contributed by atoms with Crippen molar-refractivity contribution in [3.63, 3.8) is 0 Å². The van der Waals surface area contributed by atoms with Crippen LogP contribution in [-0.2, 0) is 9.53 Å². The molecule has 2 nitrogen and oxygen atoms in total. The van der Waals surface area contributed by atoms with Gasteiger partial charge in [0.2, 0.25) is 0 Å². The van der Waals surface area contributed by atoms with Crippen LogP contribution in [0.3, 0.4) is 0 Å². The smallest absolute Gasteiger partial charge is 0.306 e. The highest BCUT2D eigenvalue weighted by Gasteiger charge is 2.12. The molecule has 0 aliphatic rings. The van der Waals surface area contributed by atoms with Crippen molar-refractivity contribution in [1.82, 2.24) is 0 Å². The Hall–Kier alpha value is -1.57. The monoisotopic (exact) mass is 486 g/mol. The lowest BCUT2D eigenvalue weighted by atomic mass is 10.0. The second-order valence-electron chi connectivity index (χ2n) is 10.9. The summed E-state index contributed by atoms with van der Waals surface area (Å²) in [6.45, 7) is 15.2. The molecule has 1 atom stereocenters. The second-order valence-corrected chi connectivity index (χ2v) is 10.9. The molecule has 0 aromatic carbocycles. The van der Waals surface area contributed by atoms with Gasteiger partial charge in [-0.05, 0) is 79.7 Å². The maximum Gasteiger partial charge on any atom is 0.306 e. The predicted octanol–water partition coefficient (Wildman–Crippen LogP) is 11.0. The number of rotatable bonds is 21. The van der Waals surface area contributed by atoms with Crippen molar-refractivity contribution in [3.8, 4) is 0 Å². The third kappa shape index (κ3) is 23.9. The van der Waals surface area contributed by atoms with Crippen LogP contribution in [0.1, 0.15) is 151 Å². The second kappa shape index (κ2) is 22.9. The Morgan fingerprint density at radius 1 is 0.629 bits per heavy atom. The third-order valence-corrected chi connectivity index (χ3v) is 6.37. The lowest BCUT2D eigenvalue weighted by Crippen LogP contribution is -2.16. The first kappa shape index (κ1) is 33.4. The van der Waals surface area contributed by atoms with E-state index >= 15 is 0 Å². The average molecular weight is 487 g/mol. The van der Waals surface area contributed by atoms with Crippen molar-refractivity contribution in [3.05, 3.63) is 46.6 Å². The SMILES string of the molecule is CCCCCCCCCCCCC(=O)OC(/C=C(\C)CCC=C(C)C)C/C=C(\C)CCC=C(C)C. The van der Waals surface area contributed by atoms with E-state index in [1.165, 1.54) is 73.7 Å². The fourth-order valence-electron chi connectivity index (χ4n) is 4.13. The molecule has 0 fully saturated rings. The van der Waals surface area contributed by atoms with Gasteiger partial charge in [-0.15, -0.1) is 0 Å². The number of esters is 1. The fourth-order valence-corrected chi connectivity index (χ4v) is 4.13. The summed E-state index contributed by atoms with van der Waals surface area (Å²) in [6, 6.07) is 0. The van der Waals surface area contributed by atoms with Gasteiger partial charge in [0, 0.05) is 12.8 Å². The van der Waals surface area contributed by atoms with E-state index in [2.05, 4.69) is 72.8 Å². The van der Waals surface area contributed by atoms with Crippen LogP contribution in [0, 0.1) is 0 Å². The van der Waals surface area contributed by atoms with Gasteiger partial charge in [0.15, 0.2) is 0 Å². The van der Waals surface area contributed by atoms with Gasteiger partial charge >= 0.3 is 5.97 Å². The standard InChI is InChI=1S/C33H58O2/c1-8-9-10-11-12-13-14-15-16-17-24-33(34)35-32(27-31(7)23-19-21-29(4)5)26-25-30(6)22-18-20-28(2)3/h20-21,25,27,32H,8-19,22-24,26H2,1-7H3/b30-25+,31-27+. The zero-order valence-corrected chi connectivity index (χ0v) is 24.5. The van der Waals surface area contributed by atoms with Crippen LogP contribution in [0.4, 0.5) is 0 Å². The highest BCUT2D eigenvalue weighted by atomic mass is 16.5. The molecular weight excluding hydrogens is 428 g/mol. The molecule has 0 aromatic heterocycles. The summed E-state index contributed by atoms with van der Waals surface area (Å²) in [5.41, 5.74) is 5.39. The summed E-state index contributed by atoms with van der Waals surface area (Å²) in [6.07, 6.45) is 27.1. The molecule has 2 heteroatoms. The topological polar surface area (TPSA) is 26.3 Å². The molecule has 0 spiro atoms. The van der Waals surface area contributed by atoms with Gasteiger partial charge in [-0.2, -0.15) is 0 Å².